The van der Waals surface area contributed by atoms with Crippen LogP contribution in [-0.2, 0) is 14.6 Å². The van der Waals surface area contributed by atoms with Gasteiger partial charge in [0, 0.05) is 24.9 Å². The van der Waals surface area contributed by atoms with Gasteiger partial charge in [0.05, 0.1) is 18.5 Å². The second-order valence-corrected chi connectivity index (χ2v) is 8.08. The average molecular weight is 306 g/mol. The van der Waals surface area contributed by atoms with Crippen molar-refractivity contribution in [2.45, 2.75) is 45.3 Å². The lowest BCUT2D eigenvalue weighted by molar-refractivity contribution is -0.0399. The molecule has 0 spiro atoms. The van der Waals surface area contributed by atoms with Gasteiger partial charge in [-0.25, -0.2) is 8.42 Å². The van der Waals surface area contributed by atoms with E-state index in [0.29, 0.717) is 6.42 Å². The van der Waals surface area contributed by atoms with Crippen LogP contribution in [0.15, 0.2) is 0 Å². The quantitative estimate of drug-likeness (QED) is 0.686. The molecule has 1 rings (SSSR count). The van der Waals surface area contributed by atoms with E-state index in [9.17, 15) is 8.42 Å². The van der Waals surface area contributed by atoms with Crippen molar-refractivity contribution >= 4 is 9.84 Å². The molecular weight excluding hydrogens is 276 g/mol. The molecule has 1 N–H and O–H groups in total. The predicted molar refractivity (Wildman–Crippen MR) is 82.9 cm³/mol. The van der Waals surface area contributed by atoms with Crippen LogP contribution in [0.2, 0.25) is 0 Å². The van der Waals surface area contributed by atoms with Gasteiger partial charge in [0.15, 0.2) is 0 Å². The second-order valence-electron chi connectivity index (χ2n) is 5.61. The fraction of sp³-hybridized carbons (Fsp3) is 1.00. The van der Waals surface area contributed by atoms with E-state index in [4.69, 9.17) is 4.74 Å². The Morgan fingerprint density at radius 2 is 2.15 bits per heavy atom. The third-order valence-corrected chi connectivity index (χ3v) is 5.60. The number of rotatable bonds is 9. The molecular formula is C14H30N2O3S. The van der Waals surface area contributed by atoms with Crippen molar-refractivity contribution in [1.29, 1.82) is 0 Å². The first-order valence-electron chi connectivity index (χ1n) is 7.72. The van der Waals surface area contributed by atoms with Gasteiger partial charge >= 0.3 is 0 Å². The normalized spacial score (nSPS) is 22.9. The summed E-state index contributed by atoms with van der Waals surface area (Å²) in [5.41, 5.74) is 0. The topological polar surface area (TPSA) is 58.6 Å². The van der Waals surface area contributed by atoms with Gasteiger partial charge in [-0.2, -0.15) is 0 Å². The summed E-state index contributed by atoms with van der Waals surface area (Å²) in [7, 11) is -0.751. The Labute approximate surface area is 124 Å². The highest BCUT2D eigenvalue weighted by Crippen LogP contribution is 2.13. The zero-order valence-corrected chi connectivity index (χ0v) is 13.9. The molecule has 20 heavy (non-hydrogen) atoms. The number of ether oxygens (including phenoxy) is 1. The van der Waals surface area contributed by atoms with Crippen molar-refractivity contribution in [2.24, 2.45) is 0 Å². The molecule has 1 saturated heterocycles. The summed E-state index contributed by atoms with van der Waals surface area (Å²) in [4.78, 5) is 2.28. The van der Waals surface area contributed by atoms with Crippen LogP contribution in [0.3, 0.4) is 0 Å². The van der Waals surface area contributed by atoms with Gasteiger partial charge in [0.2, 0.25) is 0 Å². The van der Waals surface area contributed by atoms with Gasteiger partial charge in [-0.1, -0.05) is 13.8 Å². The van der Waals surface area contributed by atoms with E-state index in [0.717, 1.165) is 39.1 Å². The molecule has 1 aliphatic rings. The lowest BCUT2D eigenvalue weighted by atomic mass is 10.0. The van der Waals surface area contributed by atoms with Crippen LogP contribution in [-0.4, -0.2) is 70.3 Å². The Bertz CT molecular complexity index is 359. The van der Waals surface area contributed by atoms with Crippen LogP contribution in [0.4, 0.5) is 0 Å². The third kappa shape index (κ3) is 6.52. The maximum absolute atomic E-state index is 11.6. The molecule has 1 heterocycles. The molecule has 0 aliphatic carbocycles. The molecule has 2 unspecified atom stereocenters. The zero-order chi connectivity index (χ0) is 15.0. The van der Waals surface area contributed by atoms with Crippen molar-refractivity contribution in [3.8, 4) is 0 Å². The van der Waals surface area contributed by atoms with E-state index in [1.54, 1.807) is 6.92 Å². The fourth-order valence-electron chi connectivity index (χ4n) is 2.47. The number of likely N-dealkylation sites (N-methyl/N-ethyl adjacent to an activating group) is 1. The van der Waals surface area contributed by atoms with Crippen LogP contribution in [0.25, 0.3) is 0 Å². The highest BCUT2D eigenvalue weighted by atomic mass is 32.2. The molecule has 120 valence electrons. The summed E-state index contributed by atoms with van der Waals surface area (Å²) in [5.74, 6) is 0.527. The van der Waals surface area contributed by atoms with Crippen LogP contribution < -0.4 is 5.32 Å². The molecule has 0 amide bonds. The average Bonchev–Trinajstić information content (AvgIpc) is 2.42. The van der Waals surface area contributed by atoms with E-state index in [1.807, 2.05) is 0 Å². The molecule has 0 aromatic rings. The Morgan fingerprint density at radius 3 is 2.75 bits per heavy atom. The molecule has 1 fully saturated rings. The first kappa shape index (κ1) is 17.9. The highest BCUT2D eigenvalue weighted by Gasteiger charge is 2.26. The smallest absolute Gasteiger partial charge is 0.150 e. The molecule has 6 heteroatoms. The molecule has 0 saturated carbocycles. The Morgan fingerprint density at radius 1 is 1.40 bits per heavy atom. The minimum absolute atomic E-state index is 0.171. The van der Waals surface area contributed by atoms with Crippen LogP contribution >= 0.6 is 0 Å². The number of sulfone groups is 1. The molecule has 0 aromatic carbocycles. The zero-order valence-electron chi connectivity index (χ0n) is 13.1. The summed E-state index contributed by atoms with van der Waals surface area (Å²) in [6.45, 7) is 7.46. The van der Waals surface area contributed by atoms with Crippen molar-refractivity contribution in [1.82, 2.24) is 10.2 Å². The molecule has 0 radical (unpaired) electrons. The minimum Gasteiger partial charge on any atom is -0.374 e. The van der Waals surface area contributed by atoms with E-state index < -0.39 is 9.84 Å². The SMILES string of the molecule is CCCNC(CCCS(=O)(=O)CC)C1CN(C)CCO1. The van der Waals surface area contributed by atoms with Gasteiger partial charge in [-0.15, -0.1) is 0 Å². The molecule has 1 aliphatic heterocycles. The molecule has 5 nitrogen and oxygen atoms in total. The Kier molecular flexibility index (Phi) is 8.02. The molecule has 0 aromatic heterocycles. The van der Waals surface area contributed by atoms with E-state index in [1.165, 1.54) is 0 Å². The van der Waals surface area contributed by atoms with Gasteiger partial charge in [-0.05, 0) is 32.9 Å². The van der Waals surface area contributed by atoms with E-state index in [-0.39, 0.29) is 23.7 Å². The van der Waals surface area contributed by atoms with E-state index >= 15 is 0 Å². The minimum atomic E-state index is -2.86. The lowest BCUT2D eigenvalue weighted by Gasteiger charge is -2.35. The second kappa shape index (κ2) is 8.97. The maximum Gasteiger partial charge on any atom is 0.150 e. The summed E-state index contributed by atoms with van der Waals surface area (Å²) in [6.07, 6.45) is 2.81. The third-order valence-electron chi connectivity index (χ3n) is 3.81. The van der Waals surface area contributed by atoms with Gasteiger partial charge in [0.1, 0.15) is 9.84 Å². The van der Waals surface area contributed by atoms with Crippen molar-refractivity contribution in [3.63, 3.8) is 0 Å². The lowest BCUT2D eigenvalue weighted by Crippen LogP contribution is -2.51. The Balaban J connectivity index is 2.46. The van der Waals surface area contributed by atoms with Crippen molar-refractivity contribution in [2.75, 3.05) is 44.8 Å². The summed E-state index contributed by atoms with van der Waals surface area (Å²) in [6, 6.07) is 0.254. The summed E-state index contributed by atoms with van der Waals surface area (Å²) < 4.78 is 29.0. The van der Waals surface area contributed by atoms with Gasteiger partial charge in [0.25, 0.3) is 0 Å². The largest absolute Gasteiger partial charge is 0.374 e. The highest BCUT2D eigenvalue weighted by molar-refractivity contribution is 7.91. The van der Waals surface area contributed by atoms with Crippen molar-refractivity contribution in [3.05, 3.63) is 0 Å². The first-order chi connectivity index (χ1) is 9.48. The van der Waals surface area contributed by atoms with Gasteiger partial charge < -0.3 is 15.0 Å². The van der Waals surface area contributed by atoms with Crippen LogP contribution in [0.5, 0.6) is 0 Å². The number of hydrogen-bond donors (Lipinski definition) is 1. The molecule has 0 bridgehead atoms. The monoisotopic (exact) mass is 306 g/mol. The van der Waals surface area contributed by atoms with Gasteiger partial charge in [-0.3, -0.25) is 0 Å². The first-order valence-corrected chi connectivity index (χ1v) is 9.54. The standard InChI is InChI=1S/C14H30N2O3S/c1-4-8-15-13(7-6-11-20(17,18)5-2)14-12-16(3)9-10-19-14/h13-15H,4-12H2,1-3H3. The van der Waals surface area contributed by atoms with E-state index in [2.05, 4.69) is 24.2 Å². The maximum atomic E-state index is 11.6. The molecule has 2 atom stereocenters. The summed E-state index contributed by atoms with van der Waals surface area (Å²) in [5, 5.41) is 3.52. The number of morpholine rings is 1. The number of hydrogen-bond acceptors (Lipinski definition) is 5. The van der Waals surface area contributed by atoms with Crippen LogP contribution in [0.1, 0.15) is 33.1 Å². The fourth-order valence-corrected chi connectivity index (χ4v) is 3.37. The number of nitrogens with zero attached hydrogens (tertiary/aromatic N) is 1. The van der Waals surface area contributed by atoms with Crippen LogP contribution in [0, 0.1) is 0 Å². The Hall–Kier alpha value is -0.170. The van der Waals surface area contributed by atoms with Crippen molar-refractivity contribution < 1.29 is 13.2 Å². The number of nitrogens with one attached hydrogen (secondary N) is 1. The predicted octanol–water partition coefficient (Wildman–Crippen LogP) is 0.900. The summed E-state index contributed by atoms with van der Waals surface area (Å²) >= 11 is 0.